The van der Waals surface area contributed by atoms with Crippen LogP contribution in [0.15, 0.2) is 24.3 Å². The summed E-state index contributed by atoms with van der Waals surface area (Å²) in [7, 11) is 0.711. The van der Waals surface area contributed by atoms with Crippen molar-refractivity contribution in [1.29, 1.82) is 0 Å². The van der Waals surface area contributed by atoms with Crippen molar-refractivity contribution in [3.8, 4) is 5.75 Å². The van der Waals surface area contributed by atoms with Crippen LogP contribution in [0.1, 0.15) is 12.5 Å². The number of ether oxygens (including phenoxy) is 1. The molecule has 0 fully saturated rings. The van der Waals surface area contributed by atoms with Crippen LogP contribution < -0.4 is 4.74 Å². The lowest BCUT2D eigenvalue weighted by molar-refractivity contribution is 0.414. The molecule has 0 aliphatic heterocycles. The van der Waals surface area contributed by atoms with E-state index in [1.54, 1.807) is 7.11 Å². The van der Waals surface area contributed by atoms with Gasteiger partial charge in [-0.25, -0.2) is 0 Å². The van der Waals surface area contributed by atoms with Crippen molar-refractivity contribution in [1.82, 2.24) is 0 Å². The first-order chi connectivity index (χ1) is 6.93. The summed E-state index contributed by atoms with van der Waals surface area (Å²) >= 11 is 0. The van der Waals surface area contributed by atoms with E-state index in [1.165, 1.54) is 12.0 Å². The Balaban J connectivity index is 2.65. The first-order valence-corrected chi connectivity index (χ1v) is 9.14. The van der Waals surface area contributed by atoms with Gasteiger partial charge in [-0.15, -0.1) is 0 Å². The molecule has 0 saturated carbocycles. The number of hydrogen-bond acceptors (Lipinski definition) is 1. The zero-order valence-corrected chi connectivity index (χ0v) is 11.5. The van der Waals surface area contributed by atoms with Crippen molar-refractivity contribution in [2.75, 3.05) is 7.11 Å². The van der Waals surface area contributed by atoms with Crippen LogP contribution in [-0.2, 0) is 6.42 Å². The normalized spacial score (nSPS) is 13.7. The van der Waals surface area contributed by atoms with Crippen molar-refractivity contribution in [2.24, 2.45) is 0 Å². The fourth-order valence-corrected chi connectivity index (χ4v) is 2.27. The number of benzene rings is 1. The molecular formula is C13H22OSi. The molecule has 2 heteroatoms. The molecule has 1 unspecified atom stereocenters. The summed E-state index contributed by atoms with van der Waals surface area (Å²) in [6.07, 6.45) is 1.19. The van der Waals surface area contributed by atoms with Gasteiger partial charge in [-0.1, -0.05) is 38.7 Å². The molecule has 0 amide bonds. The molecule has 0 radical (unpaired) electrons. The highest BCUT2D eigenvalue weighted by molar-refractivity contribution is 6.77. The summed E-state index contributed by atoms with van der Waals surface area (Å²) in [4.78, 5) is 0. The molecule has 1 atom stereocenters. The van der Waals surface area contributed by atoms with Gasteiger partial charge in [0.05, 0.1) is 7.11 Å². The molecule has 0 aromatic heterocycles. The minimum atomic E-state index is -0.997. The Hall–Kier alpha value is -0.763. The van der Waals surface area contributed by atoms with Gasteiger partial charge in [-0.05, 0) is 29.7 Å². The van der Waals surface area contributed by atoms with Crippen LogP contribution in [0.4, 0.5) is 0 Å². The van der Waals surface area contributed by atoms with E-state index in [9.17, 15) is 0 Å². The summed E-state index contributed by atoms with van der Waals surface area (Å²) in [5.41, 5.74) is 2.25. The number of methoxy groups -OCH3 is 1. The zero-order chi connectivity index (χ0) is 11.5. The quantitative estimate of drug-likeness (QED) is 0.701. The Kier molecular flexibility index (Phi) is 3.97. The second-order valence-corrected chi connectivity index (χ2v) is 11.0. The average Bonchev–Trinajstić information content (AvgIpc) is 2.17. The summed E-state index contributed by atoms with van der Waals surface area (Å²) in [5, 5.41) is 0. The van der Waals surface area contributed by atoms with Gasteiger partial charge in [0.2, 0.25) is 0 Å². The molecular weight excluding hydrogens is 200 g/mol. The molecule has 0 aliphatic rings. The topological polar surface area (TPSA) is 9.23 Å². The second kappa shape index (κ2) is 4.84. The highest BCUT2D eigenvalue weighted by Gasteiger charge is 2.22. The standard InChI is InChI=1S/C13H22OSi/c1-11(15(3,4)5)10-12-6-8-13(14-2)9-7-12/h6-9,11H,10H2,1-5H3. The molecule has 0 aliphatic carbocycles. The Morgan fingerprint density at radius 2 is 1.67 bits per heavy atom. The van der Waals surface area contributed by atoms with Crippen molar-refractivity contribution >= 4 is 8.07 Å². The van der Waals surface area contributed by atoms with Gasteiger partial charge < -0.3 is 4.74 Å². The molecule has 0 saturated heterocycles. The van der Waals surface area contributed by atoms with Crippen LogP contribution in [-0.4, -0.2) is 15.2 Å². The van der Waals surface area contributed by atoms with Gasteiger partial charge in [-0.2, -0.15) is 0 Å². The van der Waals surface area contributed by atoms with Crippen LogP contribution in [0.25, 0.3) is 0 Å². The Labute approximate surface area is 94.5 Å². The van der Waals surface area contributed by atoms with Crippen LogP contribution >= 0.6 is 0 Å². The zero-order valence-electron chi connectivity index (χ0n) is 10.5. The van der Waals surface area contributed by atoms with Gasteiger partial charge >= 0.3 is 0 Å². The summed E-state index contributed by atoms with van der Waals surface area (Å²) in [6, 6.07) is 8.45. The van der Waals surface area contributed by atoms with Crippen LogP contribution in [0.2, 0.25) is 25.2 Å². The molecule has 1 aromatic carbocycles. The smallest absolute Gasteiger partial charge is 0.118 e. The lowest BCUT2D eigenvalue weighted by Gasteiger charge is -2.25. The van der Waals surface area contributed by atoms with Gasteiger partial charge in [0, 0.05) is 8.07 Å². The fourth-order valence-electron chi connectivity index (χ4n) is 1.42. The summed E-state index contributed by atoms with van der Waals surface area (Å²) in [5.74, 6) is 0.944. The fraction of sp³-hybridized carbons (Fsp3) is 0.538. The summed E-state index contributed by atoms with van der Waals surface area (Å²) in [6.45, 7) is 9.67. The van der Waals surface area contributed by atoms with Crippen LogP contribution in [0, 0.1) is 0 Å². The van der Waals surface area contributed by atoms with Crippen LogP contribution in [0.5, 0.6) is 5.75 Å². The monoisotopic (exact) mass is 222 g/mol. The lowest BCUT2D eigenvalue weighted by atomic mass is 10.1. The van der Waals surface area contributed by atoms with Gasteiger partial charge in [0.25, 0.3) is 0 Å². The molecule has 0 bridgehead atoms. The van der Waals surface area contributed by atoms with Crippen molar-refractivity contribution in [2.45, 2.75) is 38.5 Å². The van der Waals surface area contributed by atoms with Crippen molar-refractivity contribution in [3.05, 3.63) is 29.8 Å². The lowest BCUT2D eigenvalue weighted by Crippen LogP contribution is -2.27. The third kappa shape index (κ3) is 3.71. The Morgan fingerprint density at radius 1 is 1.13 bits per heavy atom. The molecule has 1 rings (SSSR count). The third-order valence-corrected chi connectivity index (χ3v) is 6.34. The van der Waals surface area contributed by atoms with E-state index in [1.807, 2.05) is 12.1 Å². The Bertz CT molecular complexity index is 297. The van der Waals surface area contributed by atoms with E-state index in [4.69, 9.17) is 4.74 Å². The first kappa shape index (κ1) is 12.3. The van der Waals surface area contributed by atoms with Gasteiger partial charge in [0.15, 0.2) is 0 Å². The Morgan fingerprint density at radius 3 is 2.07 bits per heavy atom. The van der Waals surface area contributed by atoms with Gasteiger partial charge in [-0.3, -0.25) is 0 Å². The maximum Gasteiger partial charge on any atom is 0.118 e. The maximum atomic E-state index is 5.15. The van der Waals surface area contributed by atoms with E-state index in [0.29, 0.717) is 0 Å². The molecule has 15 heavy (non-hydrogen) atoms. The molecule has 1 aromatic rings. The predicted molar refractivity (Wildman–Crippen MR) is 69.5 cm³/mol. The van der Waals surface area contributed by atoms with Crippen molar-refractivity contribution in [3.63, 3.8) is 0 Å². The molecule has 0 heterocycles. The predicted octanol–water partition coefficient (Wildman–Crippen LogP) is 3.97. The summed E-state index contributed by atoms with van der Waals surface area (Å²) < 4.78 is 5.15. The SMILES string of the molecule is COc1ccc(CC(C)[Si](C)(C)C)cc1. The maximum absolute atomic E-state index is 5.15. The first-order valence-electron chi connectivity index (χ1n) is 5.56. The number of rotatable bonds is 4. The molecule has 0 spiro atoms. The van der Waals surface area contributed by atoms with E-state index in [0.717, 1.165) is 11.3 Å². The van der Waals surface area contributed by atoms with E-state index in [2.05, 4.69) is 38.7 Å². The van der Waals surface area contributed by atoms with Gasteiger partial charge in [0.1, 0.15) is 5.75 Å². The van der Waals surface area contributed by atoms with E-state index < -0.39 is 8.07 Å². The highest BCUT2D eigenvalue weighted by atomic mass is 28.3. The van der Waals surface area contributed by atoms with Crippen LogP contribution in [0.3, 0.4) is 0 Å². The minimum Gasteiger partial charge on any atom is -0.497 e. The molecule has 84 valence electrons. The second-order valence-electron chi connectivity index (χ2n) is 5.32. The minimum absolute atomic E-state index is 0.825. The van der Waals surface area contributed by atoms with Crippen molar-refractivity contribution < 1.29 is 4.74 Å². The largest absolute Gasteiger partial charge is 0.497 e. The van der Waals surface area contributed by atoms with E-state index in [-0.39, 0.29) is 0 Å². The third-order valence-electron chi connectivity index (χ3n) is 3.18. The number of hydrogen-bond donors (Lipinski definition) is 0. The molecule has 0 N–H and O–H groups in total. The highest BCUT2D eigenvalue weighted by Crippen LogP contribution is 2.25. The average molecular weight is 222 g/mol. The molecule has 1 nitrogen and oxygen atoms in total. The van der Waals surface area contributed by atoms with E-state index >= 15 is 0 Å².